The summed E-state index contributed by atoms with van der Waals surface area (Å²) in [6, 6.07) is 23.5. The molecule has 0 atom stereocenters. The van der Waals surface area contributed by atoms with Gasteiger partial charge in [0.05, 0.1) is 6.54 Å². The van der Waals surface area contributed by atoms with Crippen LogP contribution in [0.3, 0.4) is 0 Å². The Morgan fingerprint density at radius 2 is 1.32 bits per heavy atom. The van der Waals surface area contributed by atoms with Crippen LogP contribution < -0.4 is 16.0 Å². The van der Waals surface area contributed by atoms with Crippen LogP contribution in [0.25, 0.3) is 0 Å². The molecule has 0 aliphatic carbocycles. The third-order valence-corrected chi connectivity index (χ3v) is 5.36. The number of anilines is 2. The number of benzene rings is 3. The fraction of sp³-hybridized carbons (Fsp3) is 0.222. The van der Waals surface area contributed by atoms with Gasteiger partial charge >= 0.3 is 0 Å². The molecule has 7 heteroatoms. The monoisotopic (exact) mass is 458 g/mol. The summed E-state index contributed by atoms with van der Waals surface area (Å²) in [5.41, 5.74) is 3.52. The van der Waals surface area contributed by atoms with Crippen molar-refractivity contribution in [1.29, 1.82) is 0 Å². The first kappa shape index (κ1) is 24.5. The molecule has 0 aliphatic heterocycles. The number of amides is 3. The number of carbonyl (C=O) groups is 3. The summed E-state index contributed by atoms with van der Waals surface area (Å²) in [6.45, 7) is 5.72. The van der Waals surface area contributed by atoms with Crippen molar-refractivity contribution in [3.63, 3.8) is 0 Å². The molecule has 0 aliphatic rings. The Morgan fingerprint density at radius 3 is 1.94 bits per heavy atom. The first-order valence-corrected chi connectivity index (χ1v) is 11.4. The summed E-state index contributed by atoms with van der Waals surface area (Å²) in [4.78, 5) is 38.7. The molecule has 3 aromatic rings. The molecule has 7 nitrogen and oxygen atoms in total. The van der Waals surface area contributed by atoms with Gasteiger partial charge in [-0.15, -0.1) is 0 Å². The van der Waals surface area contributed by atoms with Crippen molar-refractivity contribution in [1.82, 2.24) is 10.2 Å². The van der Waals surface area contributed by atoms with Crippen LogP contribution in [0.15, 0.2) is 78.9 Å². The molecular formula is C27H30N4O3. The second-order valence-electron chi connectivity index (χ2n) is 7.70. The maximum atomic E-state index is 12.4. The smallest absolute Gasteiger partial charge is 0.253 e. The molecule has 0 unspecified atom stereocenters. The molecule has 0 saturated carbocycles. The van der Waals surface area contributed by atoms with Crippen LogP contribution in [0.4, 0.5) is 11.4 Å². The maximum absolute atomic E-state index is 12.4. The molecular weight excluding hydrogens is 428 g/mol. The Morgan fingerprint density at radius 1 is 0.735 bits per heavy atom. The van der Waals surface area contributed by atoms with E-state index in [9.17, 15) is 14.4 Å². The van der Waals surface area contributed by atoms with Crippen LogP contribution in [-0.2, 0) is 11.3 Å². The van der Waals surface area contributed by atoms with E-state index in [2.05, 4.69) is 16.0 Å². The molecule has 0 aromatic heterocycles. The third kappa shape index (κ3) is 6.93. The topological polar surface area (TPSA) is 90.5 Å². The number of nitrogens with zero attached hydrogens (tertiary/aromatic N) is 1. The van der Waals surface area contributed by atoms with Crippen molar-refractivity contribution in [2.75, 3.05) is 30.3 Å². The Hall–Kier alpha value is -4.13. The zero-order valence-corrected chi connectivity index (χ0v) is 19.5. The lowest BCUT2D eigenvalue weighted by Gasteiger charge is -2.18. The molecule has 0 heterocycles. The number of carbonyl (C=O) groups excluding carboxylic acids is 3. The van der Waals surface area contributed by atoms with Gasteiger partial charge in [-0.2, -0.15) is 0 Å². The van der Waals surface area contributed by atoms with Gasteiger partial charge in [-0.25, -0.2) is 0 Å². The third-order valence-electron chi connectivity index (χ3n) is 5.36. The minimum atomic E-state index is -0.215. The minimum absolute atomic E-state index is 0.0262. The molecule has 3 N–H and O–H groups in total. The molecule has 176 valence electrons. The Bertz CT molecular complexity index is 1090. The Kier molecular flexibility index (Phi) is 8.80. The highest BCUT2D eigenvalue weighted by Crippen LogP contribution is 2.13. The van der Waals surface area contributed by atoms with Crippen LogP contribution in [-0.4, -0.2) is 42.3 Å². The highest BCUT2D eigenvalue weighted by Gasteiger charge is 2.12. The summed E-state index contributed by atoms with van der Waals surface area (Å²) in [5.74, 6) is -0.398. The standard InChI is InChI=1S/C27H30N4O3/c1-3-31(4-2)27(34)22-12-16-24(17-13-22)30-25(32)19-28-23-14-10-21(11-15-23)26(33)29-18-20-8-6-5-7-9-20/h5-17,28H,3-4,18-19H2,1-2H3,(H,29,33)(H,30,32). The molecule has 3 rings (SSSR count). The van der Waals surface area contributed by atoms with E-state index in [0.29, 0.717) is 36.4 Å². The summed E-state index contributed by atoms with van der Waals surface area (Å²) in [6.07, 6.45) is 0. The lowest BCUT2D eigenvalue weighted by molar-refractivity contribution is -0.114. The molecule has 3 aromatic carbocycles. The van der Waals surface area contributed by atoms with E-state index in [1.54, 1.807) is 53.4 Å². The zero-order valence-electron chi connectivity index (χ0n) is 19.5. The van der Waals surface area contributed by atoms with E-state index in [1.807, 2.05) is 44.2 Å². The van der Waals surface area contributed by atoms with Gasteiger partial charge in [-0.3, -0.25) is 14.4 Å². The quantitative estimate of drug-likeness (QED) is 0.426. The van der Waals surface area contributed by atoms with E-state index in [-0.39, 0.29) is 24.3 Å². The van der Waals surface area contributed by atoms with Crippen LogP contribution in [0.1, 0.15) is 40.1 Å². The fourth-order valence-corrected chi connectivity index (χ4v) is 3.40. The van der Waals surface area contributed by atoms with Crippen LogP contribution in [0, 0.1) is 0 Å². The van der Waals surface area contributed by atoms with Crippen molar-refractivity contribution in [3.8, 4) is 0 Å². The van der Waals surface area contributed by atoms with E-state index in [4.69, 9.17) is 0 Å². The Labute approximate surface area is 200 Å². The Balaban J connectivity index is 1.45. The number of rotatable bonds is 10. The minimum Gasteiger partial charge on any atom is -0.376 e. The van der Waals surface area contributed by atoms with Crippen molar-refractivity contribution in [2.24, 2.45) is 0 Å². The van der Waals surface area contributed by atoms with E-state index >= 15 is 0 Å². The number of nitrogens with one attached hydrogen (secondary N) is 3. The van der Waals surface area contributed by atoms with Crippen molar-refractivity contribution >= 4 is 29.1 Å². The number of hydrogen-bond acceptors (Lipinski definition) is 4. The summed E-state index contributed by atoms with van der Waals surface area (Å²) in [7, 11) is 0. The molecule has 0 saturated heterocycles. The normalized spacial score (nSPS) is 10.3. The zero-order chi connectivity index (χ0) is 24.3. The van der Waals surface area contributed by atoms with Gasteiger partial charge in [0.2, 0.25) is 5.91 Å². The molecule has 34 heavy (non-hydrogen) atoms. The molecule has 0 fully saturated rings. The van der Waals surface area contributed by atoms with Crippen molar-refractivity contribution in [3.05, 3.63) is 95.6 Å². The van der Waals surface area contributed by atoms with Gasteiger partial charge in [-0.1, -0.05) is 30.3 Å². The summed E-state index contributed by atoms with van der Waals surface area (Å²) >= 11 is 0. The molecule has 0 radical (unpaired) electrons. The summed E-state index contributed by atoms with van der Waals surface area (Å²) < 4.78 is 0. The van der Waals surface area contributed by atoms with Crippen LogP contribution in [0.2, 0.25) is 0 Å². The molecule has 0 spiro atoms. The highest BCUT2D eigenvalue weighted by atomic mass is 16.2. The van der Waals surface area contributed by atoms with Crippen LogP contribution in [0.5, 0.6) is 0 Å². The van der Waals surface area contributed by atoms with Crippen molar-refractivity contribution in [2.45, 2.75) is 20.4 Å². The largest absolute Gasteiger partial charge is 0.376 e. The van der Waals surface area contributed by atoms with Gasteiger partial charge in [-0.05, 0) is 67.9 Å². The first-order chi connectivity index (χ1) is 16.5. The van der Waals surface area contributed by atoms with Gasteiger partial charge < -0.3 is 20.9 Å². The molecule has 0 bridgehead atoms. The first-order valence-electron chi connectivity index (χ1n) is 11.4. The molecule has 3 amide bonds. The predicted molar refractivity (Wildman–Crippen MR) is 135 cm³/mol. The lowest BCUT2D eigenvalue weighted by atomic mass is 10.1. The van der Waals surface area contributed by atoms with Gasteiger partial charge in [0.25, 0.3) is 11.8 Å². The lowest BCUT2D eigenvalue weighted by Crippen LogP contribution is -2.30. The van der Waals surface area contributed by atoms with E-state index in [1.165, 1.54) is 0 Å². The average Bonchev–Trinajstić information content (AvgIpc) is 2.88. The second kappa shape index (κ2) is 12.2. The van der Waals surface area contributed by atoms with Crippen LogP contribution >= 0.6 is 0 Å². The van der Waals surface area contributed by atoms with Crippen molar-refractivity contribution < 1.29 is 14.4 Å². The summed E-state index contributed by atoms with van der Waals surface area (Å²) in [5, 5.41) is 8.74. The maximum Gasteiger partial charge on any atom is 0.253 e. The number of hydrogen-bond donors (Lipinski definition) is 3. The van der Waals surface area contributed by atoms with E-state index < -0.39 is 0 Å². The van der Waals surface area contributed by atoms with E-state index in [0.717, 1.165) is 11.3 Å². The van der Waals surface area contributed by atoms with Gasteiger partial charge in [0, 0.05) is 42.1 Å². The van der Waals surface area contributed by atoms with Gasteiger partial charge in [0.15, 0.2) is 0 Å². The highest BCUT2D eigenvalue weighted by molar-refractivity contribution is 5.97. The SMILES string of the molecule is CCN(CC)C(=O)c1ccc(NC(=O)CNc2ccc(C(=O)NCc3ccccc3)cc2)cc1. The fourth-order valence-electron chi connectivity index (χ4n) is 3.40. The van der Waals surface area contributed by atoms with Gasteiger partial charge in [0.1, 0.15) is 0 Å². The average molecular weight is 459 g/mol. The predicted octanol–water partition coefficient (Wildman–Crippen LogP) is 4.15. The second-order valence-corrected chi connectivity index (χ2v) is 7.70.